The first kappa shape index (κ1) is 11.6. The Morgan fingerprint density at radius 2 is 2.40 bits per heavy atom. The van der Waals surface area contributed by atoms with Crippen LogP contribution in [0.5, 0.6) is 0 Å². The van der Waals surface area contributed by atoms with Gasteiger partial charge in [0.05, 0.1) is 6.20 Å². The van der Waals surface area contributed by atoms with Crippen molar-refractivity contribution >= 4 is 16.0 Å². The normalized spacial score (nSPS) is 11.5. The maximum Gasteiger partial charge on any atom is 0.331 e. The van der Waals surface area contributed by atoms with E-state index in [1.54, 1.807) is 11.8 Å². The van der Waals surface area contributed by atoms with Crippen LogP contribution in [0.15, 0.2) is 11.2 Å². The molecule has 8 nitrogen and oxygen atoms in total. The number of sulfonamides is 1. The van der Waals surface area contributed by atoms with Crippen molar-refractivity contribution in [1.29, 1.82) is 0 Å². The maximum absolute atomic E-state index is 11.3. The van der Waals surface area contributed by atoms with Gasteiger partial charge < -0.3 is 10.1 Å². The van der Waals surface area contributed by atoms with Crippen molar-refractivity contribution in [2.45, 2.75) is 11.9 Å². The van der Waals surface area contributed by atoms with Crippen molar-refractivity contribution in [3.8, 4) is 0 Å². The Kier molecular flexibility index (Phi) is 3.39. The Balaban J connectivity index is 2.64. The highest BCUT2D eigenvalue weighted by molar-refractivity contribution is 7.89. The van der Waals surface area contributed by atoms with Gasteiger partial charge in [-0.3, -0.25) is 4.84 Å². The predicted octanol–water partition coefficient (Wildman–Crippen LogP) is -0.987. The van der Waals surface area contributed by atoms with E-state index in [4.69, 9.17) is 5.11 Å². The highest BCUT2D eigenvalue weighted by atomic mass is 32.2. The number of carbonyl (C=O) groups is 1. The van der Waals surface area contributed by atoms with Crippen molar-refractivity contribution < 1.29 is 23.2 Å². The number of aromatic amines is 1. The van der Waals surface area contributed by atoms with Gasteiger partial charge in [-0.1, -0.05) is 4.89 Å². The van der Waals surface area contributed by atoms with Gasteiger partial charge in [-0.2, -0.15) is 0 Å². The average Bonchev–Trinajstić information content (AvgIpc) is 2.51. The molecule has 3 N–H and O–H groups in total. The minimum absolute atomic E-state index is 0.189. The lowest BCUT2D eigenvalue weighted by atomic mass is 10.8. The molecule has 0 radical (unpaired) electrons. The first-order valence-electron chi connectivity index (χ1n) is 3.79. The van der Waals surface area contributed by atoms with E-state index in [1.165, 1.54) is 0 Å². The SMILES string of the molecule is Cc1ncc(S(=O)(=O)NOCC(=O)O)[nH]1. The Morgan fingerprint density at radius 3 is 2.87 bits per heavy atom. The number of carboxylic acid groups (broad SMARTS) is 1. The lowest BCUT2D eigenvalue weighted by molar-refractivity contribution is -0.143. The van der Waals surface area contributed by atoms with Crippen LogP contribution in [0.4, 0.5) is 0 Å². The zero-order chi connectivity index (χ0) is 11.5. The third-order valence-electron chi connectivity index (χ3n) is 1.33. The van der Waals surface area contributed by atoms with Crippen molar-refractivity contribution in [2.75, 3.05) is 6.61 Å². The molecule has 1 rings (SSSR count). The van der Waals surface area contributed by atoms with Gasteiger partial charge in [0.15, 0.2) is 11.6 Å². The summed E-state index contributed by atoms with van der Waals surface area (Å²) in [5, 5.41) is 8.02. The second kappa shape index (κ2) is 4.38. The van der Waals surface area contributed by atoms with Gasteiger partial charge in [-0.15, -0.1) is 0 Å². The summed E-state index contributed by atoms with van der Waals surface area (Å²) in [6, 6.07) is 0. The quantitative estimate of drug-likeness (QED) is 0.563. The number of aromatic nitrogens is 2. The molecule has 0 saturated heterocycles. The van der Waals surface area contributed by atoms with Crippen LogP contribution in [-0.4, -0.2) is 36.1 Å². The summed E-state index contributed by atoms with van der Waals surface area (Å²) in [6.07, 6.45) is 1.10. The van der Waals surface area contributed by atoms with Crippen LogP contribution in [0.2, 0.25) is 0 Å². The second-order valence-corrected chi connectivity index (χ2v) is 4.22. The lowest BCUT2D eigenvalue weighted by Gasteiger charge is -2.02. The van der Waals surface area contributed by atoms with Crippen LogP contribution in [0, 0.1) is 6.92 Å². The van der Waals surface area contributed by atoms with Gasteiger partial charge in [-0.25, -0.2) is 18.2 Å². The van der Waals surface area contributed by atoms with Crippen LogP contribution < -0.4 is 4.89 Å². The molecule has 0 spiro atoms. The highest BCUT2D eigenvalue weighted by Crippen LogP contribution is 2.03. The molecule has 1 heterocycles. The van der Waals surface area contributed by atoms with Gasteiger partial charge in [0, 0.05) is 0 Å². The Hall–Kier alpha value is -1.45. The molecule has 0 atom stereocenters. The molecule has 1 aromatic heterocycles. The summed E-state index contributed by atoms with van der Waals surface area (Å²) in [5.41, 5.74) is 0. The van der Waals surface area contributed by atoms with Crippen LogP contribution in [0.25, 0.3) is 0 Å². The number of H-pyrrole nitrogens is 1. The third kappa shape index (κ3) is 3.31. The van der Waals surface area contributed by atoms with Gasteiger partial charge >= 0.3 is 5.97 Å². The number of rotatable bonds is 5. The molecule has 0 saturated carbocycles. The van der Waals surface area contributed by atoms with Gasteiger partial charge in [0.2, 0.25) is 0 Å². The van der Waals surface area contributed by atoms with Crippen molar-refractivity contribution in [3.63, 3.8) is 0 Å². The van der Waals surface area contributed by atoms with E-state index in [2.05, 4.69) is 14.8 Å². The highest BCUT2D eigenvalue weighted by Gasteiger charge is 2.16. The van der Waals surface area contributed by atoms with E-state index in [0.717, 1.165) is 6.20 Å². The number of aliphatic carboxylic acids is 1. The number of imidazole rings is 1. The monoisotopic (exact) mass is 235 g/mol. The van der Waals surface area contributed by atoms with Crippen molar-refractivity contribution in [3.05, 3.63) is 12.0 Å². The van der Waals surface area contributed by atoms with Gasteiger partial charge in [0.25, 0.3) is 10.0 Å². The number of hydrogen-bond acceptors (Lipinski definition) is 5. The van der Waals surface area contributed by atoms with E-state index in [0.29, 0.717) is 5.82 Å². The predicted molar refractivity (Wildman–Crippen MR) is 47.2 cm³/mol. The molecule has 1 aromatic rings. The summed E-state index contributed by atoms with van der Waals surface area (Å²) in [7, 11) is -3.89. The van der Waals surface area contributed by atoms with Gasteiger partial charge in [0.1, 0.15) is 5.82 Å². The molecule has 0 aliphatic heterocycles. The standard InChI is InChI=1S/C6H9N3O5S/c1-4-7-2-5(8-4)15(12,13)9-14-3-6(10)11/h2,9H,3H2,1H3,(H,7,8)(H,10,11). The van der Waals surface area contributed by atoms with Gasteiger partial charge in [-0.05, 0) is 6.92 Å². The van der Waals surface area contributed by atoms with E-state index in [-0.39, 0.29) is 5.03 Å². The number of nitrogens with one attached hydrogen (secondary N) is 2. The largest absolute Gasteiger partial charge is 0.479 e. The molecule has 0 bridgehead atoms. The van der Waals surface area contributed by atoms with E-state index in [1.807, 2.05) is 0 Å². The molecule has 0 aromatic carbocycles. The Labute approximate surface area is 85.3 Å². The molecular formula is C6H9N3O5S. The second-order valence-electron chi connectivity index (χ2n) is 2.60. The fourth-order valence-electron chi connectivity index (χ4n) is 0.749. The van der Waals surface area contributed by atoms with Crippen LogP contribution in [0.1, 0.15) is 5.82 Å². The van der Waals surface area contributed by atoms with E-state index in [9.17, 15) is 13.2 Å². The van der Waals surface area contributed by atoms with E-state index >= 15 is 0 Å². The lowest BCUT2D eigenvalue weighted by Crippen LogP contribution is -2.27. The zero-order valence-corrected chi connectivity index (χ0v) is 8.54. The minimum atomic E-state index is -3.89. The molecule has 84 valence electrons. The first-order valence-corrected chi connectivity index (χ1v) is 5.27. The van der Waals surface area contributed by atoms with Crippen LogP contribution in [-0.2, 0) is 19.7 Å². The number of hydrogen-bond donors (Lipinski definition) is 3. The third-order valence-corrected chi connectivity index (χ3v) is 2.46. The van der Waals surface area contributed by atoms with Crippen molar-refractivity contribution in [1.82, 2.24) is 14.9 Å². The smallest absolute Gasteiger partial charge is 0.331 e. The summed E-state index contributed by atoms with van der Waals surface area (Å²) in [5.74, 6) is -0.855. The Morgan fingerprint density at radius 1 is 1.73 bits per heavy atom. The maximum atomic E-state index is 11.3. The van der Waals surface area contributed by atoms with Crippen LogP contribution in [0.3, 0.4) is 0 Å². The molecule has 0 unspecified atom stereocenters. The molecule has 9 heteroatoms. The summed E-state index contributed by atoms with van der Waals surface area (Å²) in [4.78, 5) is 22.1. The number of aryl methyl sites for hydroxylation is 1. The summed E-state index contributed by atoms with van der Waals surface area (Å²) < 4.78 is 22.7. The van der Waals surface area contributed by atoms with E-state index < -0.39 is 22.6 Å². The fourth-order valence-corrected chi connectivity index (χ4v) is 1.53. The molecule has 0 amide bonds. The molecule has 15 heavy (non-hydrogen) atoms. The average molecular weight is 235 g/mol. The topological polar surface area (TPSA) is 121 Å². The molecular weight excluding hydrogens is 226 g/mol. The molecule has 0 aliphatic carbocycles. The van der Waals surface area contributed by atoms with Crippen molar-refractivity contribution in [2.24, 2.45) is 0 Å². The molecule has 0 aliphatic rings. The summed E-state index contributed by atoms with van der Waals surface area (Å²) in [6.45, 7) is 0.823. The first-order chi connectivity index (χ1) is 6.92. The van der Waals surface area contributed by atoms with Crippen LogP contribution >= 0.6 is 0 Å². The number of nitrogens with zero attached hydrogens (tertiary/aromatic N) is 1. The fraction of sp³-hybridized carbons (Fsp3) is 0.333. The number of carboxylic acids is 1. The summed E-state index contributed by atoms with van der Waals surface area (Å²) >= 11 is 0. The zero-order valence-electron chi connectivity index (χ0n) is 7.72. The molecule has 0 fully saturated rings. The Bertz CT molecular complexity index is 451. The minimum Gasteiger partial charge on any atom is -0.479 e.